The van der Waals surface area contributed by atoms with E-state index in [2.05, 4.69) is 27.7 Å². The molecule has 2 atom stereocenters. The Morgan fingerprint density at radius 3 is 1.33 bits per heavy atom. The summed E-state index contributed by atoms with van der Waals surface area (Å²) >= 11 is 0. The van der Waals surface area contributed by atoms with E-state index in [1.165, 1.54) is 77.0 Å². The van der Waals surface area contributed by atoms with Gasteiger partial charge in [0.2, 0.25) is 0 Å². The molecular weight excluding hydrogens is 216 g/mol. The second-order valence-electron chi connectivity index (χ2n) is 6.04. The summed E-state index contributed by atoms with van der Waals surface area (Å²) in [5, 5.41) is 0. The van der Waals surface area contributed by atoms with Crippen molar-refractivity contribution in [2.24, 2.45) is 11.8 Å². The van der Waals surface area contributed by atoms with Gasteiger partial charge >= 0.3 is 0 Å². The first-order valence-corrected chi connectivity index (χ1v) is 8.79. The van der Waals surface area contributed by atoms with E-state index < -0.39 is 0 Å². The Kier molecular flexibility index (Phi) is 13.4. The van der Waals surface area contributed by atoms with E-state index in [0.717, 1.165) is 11.8 Å². The molecule has 0 aliphatic heterocycles. The van der Waals surface area contributed by atoms with E-state index in [-0.39, 0.29) is 0 Å². The topological polar surface area (TPSA) is 0 Å². The SMILES string of the molecule is CCC1CCCC1CC.CCCCCCCCC. The van der Waals surface area contributed by atoms with Crippen LogP contribution in [0, 0.1) is 11.8 Å². The van der Waals surface area contributed by atoms with Crippen molar-refractivity contribution in [3.63, 3.8) is 0 Å². The van der Waals surface area contributed by atoms with Crippen molar-refractivity contribution >= 4 is 0 Å². The van der Waals surface area contributed by atoms with Crippen LogP contribution >= 0.6 is 0 Å². The average molecular weight is 255 g/mol. The van der Waals surface area contributed by atoms with Crippen molar-refractivity contribution in [1.82, 2.24) is 0 Å². The van der Waals surface area contributed by atoms with Gasteiger partial charge in [-0.3, -0.25) is 0 Å². The Bertz CT molecular complexity index is 134. The first kappa shape index (κ1) is 18.0. The van der Waals surface area contributed by atoms with Crippen LogP contribution in [0.2, 0.25) is 0 Å². The fourth-order valence-electron chi connectivity index (χ4n) is 3.22. The van der Waals surface area contributed by atoms with Crippen LogP contribution in [0.5, 0.6) is 0 Å². The first-order valence-electron chi connectivity index (χ1n) is 8.79. The van der Waals surface area contributed by atoms with Gasteiger partial charge < -0.3 is 0 Å². The summed E-state index contributed by atoms with van der Waals surface area (Å²) in [6, 6.07) is 0. The zero-order valence-electron chi connectivity index (χ0n) is 13.6. The molecule has 0 aromatic heterocycles. The highest BCUT2D eigenvalue weighted by Crippen LogP contribution is 2.35. The summed E-state index contributed by atoms with van der Waals surface area (Å²) in [7, 11) is 0. The predicted octanol–water partition coefficient (Wildman–Crippen LogP) is 6.98. The third kappa shape index (κ3) is 9.00. The molecule has 0 N–H and O–H groups in total. The van der Waals surface area contributed by atoms with Gasteiger partial charge in [0.15, 0.2) is 0 Å². The van der Waals surface area contributed by atoms with Crippen LogP contribution in [-0.4, -0.2) is 0 Å². The Morgan fingerprint density at radius 1 is 0.611 bits per heavy atom. The van der Waals surface area contributed by atoms with Crippen molar-refractivity contribution in [1.29, 1.82) is 0 Å². The molecule has 1 aliphatic carbocycles. The molecule has 0 radical (unpaired) electrons. The van der Waals surface area contributed by atoms with E-state index in [4.69, 9.17) is 0 Å². The first-order chi connectivity index (χ1) is 8.79. The zero-order valence-corrected chi connectivity index (χ0v) is 13.6. The molecule has 0 spiro atoms. The number of hydrogen-bond acceptors (Lipinski definition) is 0. The van der Waals surface area contributed by atoms with Gasteiger partial charge in [-0.25, -0.2) is 0 Å². The van der Waals surface area contributed by atoms with E-state index in [1.807, 2.05) is 0 Å². The van der Waals surface area contributed by atoms with Crippen LogP contribution in [0.25, 0.3) is 0 Å². The van der Waals surface area contributed by atoms with Crippen LogP contribution in [0.1, 0.15) is 105 Å². The molecule has 1 fully saturated rings. The largest absolute Gasteiger partial charge is 0.0654 e. The highest BCUT2D eigenvalue weighted by molar-refractivity contribution is 4.74. The third-order valence-electron chi connectivity index (χ3n) is 4.57. The van der Waals surface area contributed by atoms with Crippen LogP contribution in [0.3, 0.4) is 0 Å². The van der Waals surface area contributed by atoms with Gasteiger partial charge in [0.1, 0.15) is 0 Å². The van der Waals surface area contributed by atoms with Gasteiger partial charge in [-0.1, -0.05) is 105 Å². The number of unbranched alkanes of at least 4 members (excludes halogenated alkanes) is 6. The average Bonchev–Trinajstić information content (AvgIpc) is 2.87. The van der Waals surface area contributed by atoms with E-state index >= 15 is 0 Å². The molecule has 0 bridgehead atoms. The summed E-state index contributed by atoms with van der Waals surface area (Å²) < 4.78 is 0. The molecule has 1 saturated carbocycles. The zero-order chi connectivity index (χ0) is 13.6. The van der Waals surface area contributed by atoms with Crippen LogP contribution in [-0.2, 0) is 0 Å². The van der Waals surface area contributed by atoms with Crippen LogP contribution in [0.4, 0.5) is 0 Å². The Balaban J connectivity index is 0.000000321. The van der Waals surface area contributed by atoms with Crippen molar-refractivity contribution in [3.8, 4) is 0 Å². The predicted molar refractivity (Wildman–Crippen MR) is 85.1 cm³/mol. The van der Waals surface area contributed by atoms with Gasteiger partial charge in [-0.15, -0.1) is 0 Å². The number of hydrogen-bond donors (Lipinski definition) is 0. The molecule has 110 valence electrons. The Labute approximate surface area is 117 Å². The van der Waals surface area contributed by atoms with Gasteiger partial charge in [0.05, 0.1) is 0 Å². The lowest BCUT2D eigenvalue weighted by Gasteiger charge is -2.14. The lowest BCUT2D eigenvalue weighted by atomic mass is 9.92. The molecule has 18 heavy (non-hydrogen) atoms. The summed E-state index contributed by atoms with van der Waals surface area (Å²) in [6.07, 6.45) is 17.3. The van der Waals surface area contributed by atoms with Gasteiger partial charge in [-0.2, -0.15) is 0 Å². The highest BCUT2D eigenvalue weighted by Gasteiger charge is 2.23. The second kappa shape index (κ2) is 13.4. The molecule has 0 amide bonds. The van der Waals surface area contributed by atoms with Crippen LogP contribution in [0.15, 0.2) is 0 Å². The second-order valence-corrected chi connectivity index (χ2v) is 6.04. The monoisotopic (exact) mass is 254 g/mol. The maximum atomic E-state index is 2.33. The molecule has 0 aromatic carbocycles. The minimum atomic E-state index is 1.08. The Hall–Kier alpha value is 0. The molecule has 1 rings (SSSR count). The molecule has 0 heterocycles. The van der Waals surface area contributed by atoms with Crippen molar-refractivity contribution in [2.45, 2.75) is 105 Å². The van der Waals surface area contributed by atoms with Crippen LogP contribution < -0.4 is 0 Å². The normalized spacial score (nSPS) is 22.7. The molecule has 0 saturated heterocycles. The summed E-state index contributed by atoms with van der Waals surface area (Å²) in [6.45, 7) is 9.19. The number of rotatable bonds is 8. The Morgan fingerprint density at radius 2 is 1.00 bits per heavy atom. The minimum Gasteiger partial charge on any atom is -0.0654 e. The maximum absolute atomic E-state index is 2.33. The van der Waals surface area contributed by atoms with Crippen molar-refractivity contribution < 1.29 is 0 Å². The quantitative estimate of drug-likeness (QED) is 0.410. The highest BCUT2D eigenvalue weighted by atomic mass is 14.3. The van der Waals surface area contributed by atoms with Gasteiger partial charge in [0.25, 0.3) is 0 Å². The molecule has 2 unspecified atom stereocenters. The molecular formula is C18H38. The van der Waals surface area contributed by atoms with E-state index in [9.17, 15) is 0 Å². The fraction of sp³-hybridized carbons (Fsp3) is 1.00. The molecule has 1 aliphatic rings. The fourth-order valence-corrected chi connectivity index (χ4v) is 3.22. The lowest BCUT2D eigenvalue weighted by molar-refractivity contribution is 0.367. The van der Waals surface area contributed by atoms with Gasteiger partial charge in [-0.05, 0) is 11.8 Å². The summed E-state index contributed by atoms with van der Waals surface area (Å²) in [5.74, 6) is 2.16. The van der Waals surface area contributed by atoms with E-state index in [0.29, 0.717) is 0 Å². The van der Waals surface area contributed by atoms with Crippen molar-refractivity contribution in [2.75, 3.05) is 0 Å². The molecule has 0 aromatic rings. The lowest BCUT2D eigenvalue weighted by Crippen LogP contribution is -2.04. The molecule has 0 nitrogen and oxygen atoms in total. The van der Waals surface area contributed by atoms with E-state index in [1.54, 1.807) is 0 Å². The molecule has 0 heteroatoms. The minimum absolute atomic E-state index is 1.08. The maximum Gasteiger partial charge on any atom is -0.0389 e. The standard InChI is InChI=1S/C9H18.C9H20/c1-3-8-6-5-7-9(8)4-2;1-3-5-7-9-8-6-4-2/h8-9H,3-7H2,1-2H3;3-9H2,1-2H3. The van der Waals surface area contributed by atoms with Gasteiger partial charge in [0, 0.05) is 0 Å². The third-order valence-corrected chi connectivity index (χ3v) is 4.57. The van der Waals surface area contributed by atoms with Crippen molar-refractivity contribution in [3.05, 3.63) is 0 Å². The summed E-state index contributed by atoms with van der Waals surface area (Å²) in [4.78, 5) is 0. The smallest absolute Gasteiger partial charge is 0.0389 e. The summed E-state index contributed by atoms with van der Waals surface area (Å²) in [5.41, 5.74) is 0.